The van der Waals surface area contributed by atoms with Crippen LogP contribution in [0.3, 0.4) is 0 Å². The van der Waals surface area contributed by atoms with Crippen LogP contribution in [0.4, 0.5) is 5.69 Å². The zero-order chi connectivity index (χ0) is 15.2. The standard InChI is InChI=1S/C14H15N3O3S/c1-3-6-11-12(21-17-16-11)13(18)15-10-8-5-4-7-9(10)14(19)20-2/h4-5,7-8H,3,6H2,1-2H3,(H,15,18). The highest BCUT2D eigenvalue weighted by atomic mass is 32.1. The van der Waals surface area contributed by atoms with E-state index in [4.69, 9.17) is 4.74 Å². The number of carbonyl (C=O) groups excluding carboxylic acids is 2. The number of nitrogens with one attached hydrogen (secondary N) is 1. The second kappa shape index (κ2) is 6.94. The number of ether oxygens (including phenoxy) is 1. The fraction of sp³-hybridized carbons (Fsp3) is 0.286. The molecule has 2 aromatic rings. The molecule has 0 spiro atoms. The van der Waals surface area contributed by atoms with Crippen LogP contribution in [-0.2, 0) is 11.2 Å². The molecule has 0 aliphatic carbocycles. The molecule has 0 aliphatic rings. The fourth-order valence-electron chi connectivity index (χ4n) is 1.84. The SMILES string of the molecule is CCCc1nnsc1C(=O)Nc1ccccc1C(=O)OC. The third kappa shape index (κ3) is 3.43. The zero-order valence-corrected chi connectivity index (χ0v) is 12.6. The normalized spacial score (nSPS) is 10.2. The minimum absolute atomic E-state index is 0.308. The lowest BCUT2D eigenvalue weighted by molar-refractivity contribution is 0.0602. The van der Waals surface area contributed by atoms with Gasteiger partial charge in [0.2, 0.25) is 0 Å². The van der Waals surface area contributed by atoms with Gasteiger partial charge < -0.3 is 10.1 Å². The van der Waals surface area contributed by atoms with Gasteiger partial charge in [-0.3, -0.25) is 4.79 Å². The Kier molecular flexibility index (Phi) is 4.99. The van der Waals surface area contributed by atoms with Crippen molar-refractivity contribution >= 4 is 29.1 Å². The summed E-state index contributed by atoms with van der Waals surface area (Å²) >= 11 is 1.05. The summed E-state index contributed by atoms with van der Waals surface area (Å²) in [6.45, 7) is 2.01. The highest BCUT2D eigenvalue weighted by molar-refractivity contribution is 7.08. The maximum atomic E-state index is 12.3. The van der Waals surface area contributed by atoms with Gasteiger partial charge in [0.1, 0.15) is 4.88 Å². The molecule has 0 atom stereocenters. The number of anilines is 1. The second-order valence-corrected chi connectivity index (χ2v) is 5.04. The van der Waals surface area contributed by atoms with E-state index in [2.05, 4.69) is 14.9 Å². The predicted molar refractivity (Wildman–Crippen MR) is 79.6 cm³/mol. The number of hydrogen-bond acceptors (Lipinski definition) is 6. The van der Waals surface area contributed by atoms with Crippen molar-refractivity contribution in [2.45, 2.75) is 19.8 Å². The van der Waals surface area contributed by atoms with Crippen LogP contribution < -0.4 is 5.32 Å². The molecular formula is C14H15N3O3S. The molecule has 0 bridgehead atoms. The lowest BCUT2D eigenvalue weighted by atomic mass is 10.1. The molecule has 0 fully saturated rings. The van der Waals surface area contributed by atoms with Crippen LogP contribution in [0.2, 0.25) is 0 Å². The van der Waals surface area contributed by atoms with Gasteiger partial charge in [-0.1, -0.05) is 30.0 Å². The van der Waals surface area contributed by atoms with E-state index in [0.29, 0.717) is 28.2 Å². The first kappa shape index (κ1) is 15.1. The molecule has 1 heterocycles. The minimum Gasteiger partial charge on any atom is -0.465 e. The summed E-state index contributed by atoms with van der Waals surface area (Å²) < 4.78 is 8.52. The van der Waals surface area contributed by atoms with Gasteiger partial charge >= 0.3 is 5.97 Å². The smallest absolute Gasteiger partial charge is 0.339 e. The molecule has 0 saturated carbocycles. The molecule has 7 heteroatoms. The lowest BCUT2D eigenvalue weighted by Gasteiger charge is -2.08. The van der Waals surface area contributed by atoms with E-state index in [1.807, 2.05) is 6.92 Å². The molecule has 1 amide bonds. The van der Waals surface area contributed by atoms with E-state index in [1.165, 1.54) is 7.11 Å². The van der Waals surface area contributed by atoms with Gasteiger partial charge in [0.05, 0.1) is 24.1 Å². The summed E-state index contributed by atoms with van der Waals surface area (Å²) in [6.07, 6.45) is 1.57. The van der Waals surface area contributed by atoms with Gasteiger partial charge in [-0.15, -0.1) is 5.10 Å². The fourth-order valence-corrected chi connectivity index (χ4v) is 2.44. The van der Waals surface area contributed by atoms with Crippen LogP contribution in [0.1, 0.15) is 39.1 Å². The van der Waals surface area contributed by atoms with Gasteiger partial charge in [-0.25, -0.2) is 4.79 Å². The van der Waals surface area contributed by atoms with Crippen LogP contribution >= 0.6 is 11.5 Å². The van der Waals surface area contributed by atoms with Crippen molar-refractivity contribution in [3.63, 3.8) is 0 Å². The molecule has 0 saturated heterocycles. The maximum absolute atomic E-state index is 12.3. The highest BCUT2D eigenvalue weighted by Crippen LogP contribution is 2.19. The summed E-state index contributed by atoms with van der Waals surface area (Å²) in [5.41, 5.74) is 1.39. The van der Waals surface area contributed by atoms with Crippen molar-refractivity contribution in [2.24, 2.45) is 0 Å². The van der Waals surface area contributed by atoms with Gasteiger partial charge in [-0.2, -0.15) is 0 Å². The molecule has 0 unspecified atom stereocenters. The van der Waals surface area contributed by atoms with Crippen LogP contribution in [0.15, 0.2) is 24.3 Å². The Hall–Kier alpha value is -2.28. The summed E-state index contributed by atoms with van der Waals surface area (Å²) in [4.78, 5) is 24.4. The molecule has 2 rings (SSSR count). The summed E-state index contributed by atoms with van der Waals surface area (Å²) in [5, 5.41) is 6.68. The van der Waals surface area contributed by atoms with Crippen molar-refractivity contribution in [1.29, 1.82) is 0 Å². The highest BCUT2D eigenvalue weighted by Gasteiger charge is 2.18. The number of nitrogens with zero attached hydrogens (tertiary/aromatic N) is 2. The van der Waals surface area contributed by atoms with E-state index in [9.17, 15) is 9.59 Å². The monoisotopic (exact) mass is 305 g/mol. The minimum atomic E-state index is -0.498. The second-order valence-electron chi connectivity index (χ2n) is 4.29. The predicted octanol–water partition coefficient (Wildman–Crippen LogP) is 2.53. The van der Waals surface area contributed by atoms with Crippen molar-refractivity contribution in [3.05, 3.63) is 40.4 Å². The number of hydrogen-bond donors (Lipinski definition) is 1. The van der Waals surface area contributed by atoms with Gasteiger partial charge in [0, 0.05) is 0 Å². The summed E-state index contributed by atoms with van der Waals surface area (Å²) in [5.74, 6) is -0.813. The Morgan fingerprint density at radius 1 is 1.33 bits per heavy atom. The summed E-state index contributed by atoms with van der Waals surface area (Å²) in [7, 11) is 1.30. The Morgan fingerprint density at radius 2 is 2.10 bits per heavy atom. The van der Waals surface area contributed by atoms with Crippen molar-refractivity contribution in [3.8, 4) is 0 Å². The molecule has 6 nitrogen and oxygen atoms in total. The number of aryl methyl sites for hydroxylation is 1. The van der Waals surface area contributed by atoms with E-state index >= 15 is 0 Å². The topological polar surface area (TPSA) is 81.2 Å². The largest absolute Gasteiger partial charge is 0.465 e. The van der Waals surface area contributed by atoms with Crippen LogP contribution in [-0.4, -0.2) is 28.6 Å². The number of methoxy groups -OCH3 is 1. The lowest BCUT2D eigenvalue weighted by Crippen LogP contribution is -2.15. The van der Waals surface area contributed by atoms with Gasteiger partial charge in [0.25, 0.3) is 5.91 Å². The number of para-hydroxylation sites is 1. The van der Waals surface area contributed by atoms with Crippen LogP contribution in [0.5, 0.6) is 0 Å². The van der Waals surface area contributed by atoms with Crippen LogP contribution in [0, 0.1) is 0 Å². The number of carbonyl (C=O) groups is 2. The first-order valence-corrected chi connectivity index (χ1v) is 7.24. The van der Waals surface area contributed by atoms with Crippen LogP contribution in [0.25, 0.3) is 0 Å². The first-order valence-electron chi connectivity index (χ1n) is 6.47. The quantitative estimate of drug-likeness (QED) is 0.858. The van der Waals surface area contributed by atoms with Crippen molar-refractivity contribution in [1.82, 2.24) is 9.59 Å². The van der Waals surface area contributed by atoms with Crippen molar-refractivity contribution < 1.29 is 14.3 Å². The van der Waals surface area contributed by atoms with Gasteiger partial charge in [-0.05, 0) is 30.1 Å². The first-order chi connectivity index (χ1) is 10.2. The van der Waals surface area contributed by atoms with E-state index < -0.39 is 5.97 Å². The molecule has 1 N–H and O–H groups in total. The maximum Gasteiger partial charge on any atom is 0.339 e. The third-order valence-electron chi connectivity index (χ3n) is 2.83. The molecule has 1 aromatic carbocycles. The Bertz CT molecular complexity index is 654. The molecule has 110 valence electrons. The van der Waals surface area contributed by atoms with Crippen molar-refractivity contribution in [2.75, 3.05) is 12.4 Å². The average Bonchev–Trinajstić information content (AvgIpc) is 2.96. The number of esters is 1. The van der Waals surface area contributed by atoms with Gasteiger partial charge in [0.15, 0.2) is 0 Å². The molecule has 21 heavy (non-hydrogen) atoms. The number of amides is 1. The Labute approximate surface area is 126 Å². The molecular weight excluding hydrogens is 290 g/mol. The number of benzene rings is 1. The molecule has 0 radical (unpaired) electrons. The number of aromatic nitrogens is 2. The number of rotatable bonds is 5. The van der Waals surface area contributed by atoms with E-state index in [1.54, 1.807) is 24.3 Å². The third-order valence-corrected chi connectivity index (χ3v) is 3.60. The average molecular weight is 305 g/mol. The van der Waals surface area contributed by atoms with E-state index in [-0.39, 0.29) is 5.91 Å². The molecule has 1 aromatic heterocycles. The zero-order valence-electron chi connectivity index (χ0n) is 11.8. The molecule has 0 aliphatic heterocycles. The van der Waals surface area contributed by atoms with E-state index in [0.717, 1.165) is 18.0 Å². The Morgan fingerprint density at radius 3 is 2.81 bits per heavy atom. The Balaban J connectivity index is 2.24. The summed E-state index contributed by atoms with van der Waals surface area (Å²) in [6, 6.07) is 6.69.